The number of aromatic nitrogens is 4. The molecule has 0 aliphatic rings. The molecule has 0 saturated carbocycles. The molecule has 0 spiro atoms. The molecule has 0 aliphatic carbocycles. The zero-order valence-electron chi connectivity index (χ0n) is 28.0. The summed E-state index contributed by atoms with van der Waals surface area (Å²) in [4.78, 5) is 55.3. The van der Waals surface area contributed by atoms with Crippen molar-refractivity contribution >= 4 is 99.6 Å². The monoisotopic (exact) mass is 918 g/mol. The molecule has 3 N–H and O–H groups in total. The summed E-state index contributed by atoms with van der Waals surface area (Å²) in [5, 5.41) is 6.00. The summed E-state index contributed by atoms with van der Waals surface area (Å²) in [5.41, 5.74) is -1.61. The largest absolute Gasteiger partial charge is 0.363 e. The summed E-state index contributed by atoms with van der Waals surface area (Å²) in [6, 6.07) is 22.3. The lowest BCUT2D eigenvalue weighted by Crippen LogP contribution is -2.31. The molecule has 0 saturated heterocycles. The van der Waals surface area contributed by atoms with E-state index in [2.05, 4.69) is 25.6 Å². The number of hydrogen-bond donors (Lipinski definition) is 3. The Morgan fingerprint density at radius 2 is 1.05 bits per heavy atom. The number of nitrogens with one attached hydrogen (secondary N) is 3. The second kappa shape index (κ2) is 19.3. The number of carbonyl (C=O) groups is 2. The van der Waals surface area contributed by atoms with Gasteiger partial charge in [-0.1, -0.05) is 46.4 Å². The van der Waals surface area contributed by atoms with Crippen LogP contribution in [0.15, 0.2) is 129 Å². The van der Waals surface area contributed by atoms with Crippen LogP contribution >= 0.6 is 57.1 Å². The van der Waals surface area contributed by atoms with Crippen molar-refractivity contribution in [1.29, 1.82) is 0 Å². The van der Waals surface area contributed by atoms with Crippen molar-refractivity contribution in [3.05, 3.63) is 173 Å². The zero-order chi connectivity index (χ0) is 42.1. The summed E-state index contributed by atoms with van der Waals surface area (Å²) in [5.74, 6) is -4.37. The molecular weight excluding hydrogens is 900 g/mol. The topological polar surface area (TPSA) is 207 Å². The van der Waals surface area contributed by atoms with Gasteiger partial charge in [0.15, 0.2) is 23.3 Å². The van der Waals surface area contributed by atoms with Gasteiger partial charge in [-0.3, -0.25) is 14.6 Å². The van der Waals surface area contributed by atoms with Crippen LogP contribution < -0.4 is 22.0 Å². The molecule has 4 aromatic carbocycles. The van der Waals surface area contributed by atoms with Crippen molar-refractivity contribution in [1.82, 2.24) is 18.9 Å². The minimum absolute atomic E-state index is 0.0589. The molecule has 0 bridgehead atoms. The third-order valence-corrected chi connectivity index (χ3v) is 10.8. The zero-order valence-corrected chi connectivity index (χ0v) is 33.4. The second-order valence-electron chi connectivity index (χ2n) is 10.7. The standard InChI is InChI=1S/C17H10Cl2FN3O4S.C11H7ClFN3O2.C6H4Cl2O2S/c18-11-3-1-10(2-4-11)16(24)21-15-14(20)9-23(17(25)22-15)28(26,27)13-7-5-12(19)6-8-13;12-7-3-1-6(2-4-7)10(17)15-9-8(13)5-14-11(18)16-9;7-5-1-3-6(4-2-5)11(8,9)10/h1-9H,(H,21,22,24,25);1-5H,(H2,14,15,16,17,18);1-4H. The van der Waals surface area contributed by atoms with E-state index in [1.54, 1.807) is 0 Å². The molecule has 23 heteroatoms. The van der Waals surface area contributed by atoms with Crippen molar-refractivity contribution < 1.29 is 35.2 Å². The van der Waals surface area contributed by atoms with E-state index in [0.29, 0.717) is 21.3 Å². The van der Waals surface area contributed by atoms with Crippen LogP contribution in [0.1, 0.15) is 20.7 Å². The highest BCUT2D eigenvalue weighted by Gasteiger charge is 2.22. The van der Waals surface area contributed by atoms with E-state index in [1.807, 2.05) is 0 Å². The van der Waals surface area contributed by atoms with Crippen LogP contribution in [0.5, 0.6) is 0 Å². The van der Waals surface area contributed by atoms with Gasteiger partial charge in [0.1, 0.15) is 0 Å². The van der Waals surface area contributed by atoms with Crippen molar-refractivity contribution in [3.8, 4) is 0 Å². The summed E-state index contributed by atoms with van der Waals surface area (Å²) in [6.07, 6.45) is 1.17. The summed E-state index contributed by atoms with van der Waals surface area (Å²) < 4.78 is 74.1. The highest BCUT2D eigenvalue weighted by Crippen LogP contribution is 2.19. The van der Waals surface area contributed by atoms with Gasteiger partial charge in [0.05, 0.1) is 22.2 Å². The first-order valence-corrected chi connectivity index (χ1v) is 20.4. The van der Waals surface area contributed by atoms with Gasteiger partial charge in [-0.25, -0.2) is 35.2 Å². The van der Waals surface area contributed by atoms with Crippen molar-refractivity contribution in [2.45, 2.75) is 9.79 Å². The molecule has 2 amide bonds. The molecule has 14 nitrogen and oxygen atoms in total. The Hall–Kier alpha value is -5.21. The average Bonchev–Trinajstić information content (AvgIpc) is 3.15. The summed E-state index contributed by atoms with van der Waals surface area (Å²) >= 11 is 22.6. The van der Waals surface area contributed by atoms with E-state index >= 15 is 0 Å². The van der Waals surface area contributed by atoms with Gasteiger partial charge < -0.3 is 10.6 Å². The minimum atomic E-state index is -4.40. The number of amides is 2. The molecule has 0 radical (unpaired) electrons. The molecule has 0 atom stereocenters. The Bertz CT molecular complexity index is 2760. The van der Waals surface area contributed by atoms with E-state index in [1.165, 1.54) is 84.9 Å². The quantitative estimate of drug-likeness (QED) is 0.137. The summed E-state index contributed by atoms with van der Waals surface area (Å²) in [6.45, 7) is 0. The van der Waals surface area contributed by atoms with Gasteiger partial charge in [-0.15, -0.1) is 0 Å². The molecule has 0 aliphatic heterocycles. The SMILES string of the molecule is O=C(Nc1[nH]c(=O)ncc1F)c1ccc(Cl)cc1.O=C(Nc1nc(=O)n(S(=O)(=O)c2ccc(Cl)cc2)cc1F)c1ccc(Cl)cc1.O=S(=O)(Cl)c1ccc(Cl)cc1. The maximum atomic E-state index is 14.3. The number of H-pyrrole nitrogens is 1. The fourth-order valence-corrected chi connectivity index (χ4v) is 6.49. The maximum Gasteiger partial charge on any atom is 0.363 e. The lowest BCUT2D eigenvalue weighted by molar-refractivity contribution is 0.101. The molecule has 0 fully saturated rings. The number of carbonyl (C=O) groups excluding carboxylic acids is 2. The Labute approximate surface area is 345 Å². The van der Waals surface area contributed by atoms with Crippen LogP contribution in [0, 0.1) is 11.6 Å². The Kier molecular flexibility index (Phi) is 15.1. The second-order valence-corrected chi connectivity index (χ2v) is 16.8. The van der Waals surface area contributed by atoms with Crippen LogP contribution in [-0.4, -0.2) is 47.6 Å². The molecule has 57 heavy (non-hydrogen) atoms. The first kappa shape index (κ1) is 44.5. The maximum absolute atomic E-state index is 14.3. The fraction of sp³-hybridized carbons (Fsp3) is 0. The van der Waals surface area contributed by atoms with Gasteiger partial charge in [0.25, 0.3) is 30.9 Å². The van der Waals surface area contributed by atoms with Gasteiger partial charge in [0.2, 0.25) is 0 Å². The fourth-order valence-electron chi connectivity index (χ4n) is 4.03. The minimum Gasteiger partial charge on any atom is -0.306 e. The van der Waals surface area contributed by atoms with Crippen molar-refractivity contribution in [2.24, 2.45) is 0 Å². The van der Waals surface area contributed by atoms with Gasteiger partial charge in [0, 0.05) is 41.9 Å². The first-order chi connectivity index (χ1) is 26.7. The van der Waals surface area contributed by atoms with E-state index in [4.69, 9.17) is 57.1 Å². The number of halogens is 7. The van der Waals surface area contributed by atoms with Crippen LogP contribution in [0.4, 0.5) is 20.4 Å². The van der Waals surface area contributed by atoms with Gasteiger partial charge >= 0.3 is 11.4 Å². The van der Waals surface area contributed by atoms with E-state index in [-0.39, 0.29) is 35.7 Å². The normalized spacial score (nSPS) is 10.9. The van der Waals surface area contributed by atoms with Crippen LogP contribution in [0.25, 0.3) is 0 Å². The number of benzene rings is 4. The molecule has 2 heterocycles. The first-order valence-electron chi connectivity index (χ1n) is 15.1. The molecule has 2 aromatic heterocycles. The number of aromatic amines is 1. The van der Waals surface area contributed by atoms with Gasteiger partial charge in [-0.05, 0) is 97.1 Å². The molecule has 6 rings (SSSR count). The number of nitrogens with zero attached hydrogens (tertiary/aromatic N) is 3. The lowest BCUT2D eigenvalue weighted by atomic mass is 10.2. The average molecular weight is 921 g/mol. The van der Waals surface area contributed by atoms with Crippen LogP contribution in [0.3, 0.4) is 0 Å². The Morgan fingerprint density at radius 1 is 0.632 bits per heavy atom. The number of anilines is 2. The van der Waals surface area contributed by atoms with E-state index in [0.717, 1.165) is 18.3 Å². The number of hydrogen-bond acceptors (Lipinski definition) is 10. The molecule has 296 valence electrons. The van der Waals surface area contributed by atoms with Crippen LogP contribution in [0.2, 0.25) is 20.1 Å². The molecule has 0 unspecified atom stereocenters. The third kappa shape index (κ3) is 12.6. The predicted octanol–water partition coefficient (Wildman–Crippen LogP) is 7.26. The third-order valence-electron chi connectivity index (χ3n) is 6.77. The van der Waals surface area contributed by atoms with Crippen molar-refractivity contribution in [3.63, 3.8) is 0 Å². The van der Waals surface area contributed by atoms with Crippen LogP contribution in [-0.2, 0) is 19.1 Å². The lowest BCUT2D eigenvalue weighted by Gasteiger charge is -2.10. The Morgan fingerprint density at radius 3 is 1.51 bits per heavy atom. The number of rotatable bonds is 7. The summed E-state index contributed by atoms with van der Waals surface area (Å²) in [7, 11) is -2.96. The van der Waals surface area contributed by atoms with E-state index < -0.39 is 59.7 Å². The van der Waals surface area contributed by atoms with E-state index in [9.17, 15) is 44.8 Å². The Balaban J connectivity index is 0.000000211. The highest BCUT2D eigenvalue weighted by atomic mass is 35.7. The van der Waals surface area contributed by atoms with Gasteiger partial charge in [-0.2, -0.15) is 13.9 Å². The highest BCUT2D eigenvalue weighted by molar-refractivity contribution is 8.13. The molecular formula is C34H21Cl5F2N6O8S2. The van der Waals surface area contributed by atoms with Crippen molar-refractivity contribution in [2.75, 3.05) is 10.6 Å². The smallest absolute Gasteiger partial charge is 0.306 e. The predicted molar refractivity (Wildman–Crippen MR) is 211 cm³/mol. The molecule has 6 aromatic rings.